The van der Waals surface area contributed by atoms with Crippen LogP contribution in [0, 0.1) is 0 Å². The van der Waals surface area contributed by atoms with E-state index < -0.39 is 27.5 Å². The average molecular weight is 420 g/mol. The lowest BCUT2D eigenvalue weighted by Gasteiger charge is -2.12. The van der Waals surface area contributed by atoms with E-state index in [4.69, 9.17) is 0 Å². The van der Waals surface area contributed by atoms with Gasteiger partial charge in [0, 0.05) is 29.3 Å². The zero-order valence-electron chi connectivity index (χ0n) is 15.1. The number of amides is 1. The van der Waals surface area contributed by atoms with E-state index in [1.807, 2.05) is 0 Å². The summed E-state index contributed by atoms with van der Waals surface area (Å²) < 4.78 is 62.4. The third kappa shape index (κ3) is 4.80. The molecule has 0 aliphatic rings. The summed E-state index contributed by atoms with van der Waals surface area (Å²) in [5, 5.41) is 2.60. The van der Waals surface area contributed by atoms with Crippen molar-refractivity contribution in [3.63, 3.8) is 0 Å². The SMILES string of the molecule is CS(=O)(=O)c1ccc(NC(=O)c2ccc(-c3ncccc3C(F)(F)F)cc2)cc1. The molecule has 3 rings (SSSR count). The number of benzene rings is 2. The third-order valence-corrected chi connectivity index (χ3v) is 5.20. The summed E-state index contributed by atoms with van der Waals surface area (Å²) in [5.41, 5.74) is -0.237. The predicted octanol–water partition coefficient (Wildman–Crippen LogP) is 4.42. The molecule has 1 N–H and O–H groups in total. The van der Waals surface area contributed by atoms with E-state index in [9.17, 15) is 26.4 Å². The number of rotatable bonds is 4. The van der Waals surface area contributed by atoms with Gasteiger partial charge in [0.1, 0.15) is 0 Å². The second-order valence-corrected chi connectivity index (χ2v) is 8.24. The van der Waals surface area contributed by atoms with E-state index in [0.29, 0.717) is 5.69 Å². The van der Waals surface area contributed by atoms with Crippen molar-refractivity contribution in [1.29, 1.82) is 0 Å². The average Bonchev–Trinajstić information content (AvgIpc) is 2.67. The van der Waals surface area contributed by atoms with Crippen LogP contribution in [0.15, 0.2) is 71.8 Å². The van der Waals surface area contributed by atoms with Crippen LogP contribution in [0.25, 0.3) is 11.3 Å². The van der Waals surface area contributed by atoms with Crippen molar-refractivity contribution in [2.75, 3.05) is 11.6 Å². The number of carbonyl (C=O) groups is 1. The number of aromatic nitrogens is 1. The number of alkyl halides is 3. The Morgan fingerprint density at radius 3 is 2.14 bits per heavy atom. The van der Waals surface area contributed by atoms with E-state index in [1.165, 1.54) is 60.8 Å². The Bertz CT molecular complexity index is 1140. The fourth-order valence-corrected chi connectivity index (χ4v) is 3.26. The van der Waals surface area contributed by atoms with E-state index >= 15 is 0 Å². The molecule has 150 valence electrons. The predicted molar refractivity (Wildman–Crippen MR) is 102 cm³/mol. The molecule has 0 spiro atoms. The van der Waals surface area contributed by atoms with Crippen molar-refractivity contribution in [3.05, 3.63) is 78.0 Å². The van der Waals surface area contributed by atoms with Crippen LogP contribution < -0.4 is 5.32 Å². The Morgan fingerprint density at radius 1 is 0.966 bits per heavy atom. The molecule has 9 heteroatoms. The summed E-state index contributed by atoms with van der Waals surface area (Å²) in [7, 11) is -3.34. The number of nitrogens with one attached hydrogen (secondary N) is 1. The number of halogens is 3. The van der Waals surface area contributed by atoms with Crippen LogP contribution in [0.2, 0.25) is 0 Å². The van der Waals surface area contributed by atoms with Gasteiger partial charge in [0.2, 0.25) is 0 Å². The number of hydrogen-bond acceptors (Lipinski definition) is 4. The van der Waals surface area contributed by atoms with Crippen LogP contribution in [0.5, 0.6) is 0 Å². The monoisotopic (exact) mass is 420 g/mol. The third-order valence-electron chi connectivity index (χ3n) is 4.07. The zero-order chi connectivity index (χ0) is 21.2. The van der Waals surface area contributed by atoms with Gasteiger partial charge in [-0.15, -0.1) is 0 Å². The molecule has 1 amide bonds. The lowest BCUT2D eigenvalue weighted by atomic mass is 10.0. The summed E-state index contributed by atoms with van der Waals surface area (Å²) in [6.07, 6.45) is -2.20. The minimum Gasteiger partial charge on any atom is -0.322 e. The van der Waals surface area contributed by atoms with Gasteiger partial charge in [0.25, 0.3) is 5.91 Å². The number of pyridine rings is 1. The van der Waals surface area contributed by atoms with Crippen LogP contribution in [-0.4, -0.2) is 25.6 Å². The molecule has 3 aromatic rings. The van der Waals surface area contributed by atoms with E-state index in [1.54, 1.807) is 0 Å². The lowest BCUT2D eigenvalue weighted by molar-refractivity contribution is -0.137. The molecule has 0 radical (unpaired) electrons. The quantitative estimate of drug-likeness (QED) is 0.678. The minimum absolute atomic E-state index is 0.121. The van der Waals surface area contributed by atoms with Gasteiger partial charge in [0.05, 0.1) is 16.2 Å². The van der Waals surface area contributed by atoms with Crippen LogP contribution >= 0.6 is 0 Å². The molecule has 0 saturated heterocycles. The van der Waals surface area contributed by atoms with Gasteiger partial charge in [0.15, 0.2) is 9.84 Å². The summed E-state index contributed by atoms with van der Waals surface area (Å²) >= 11 is 0. The number of carbonyl (C=O) groups excluding carboxylic acids is 1. The van der Waals surface area contributed by atoms with Crippen molar-refractivity contribution in [1.82, 2.24) is 4.98 Å². The molecule has 5 nitrogen and oxygen atoms in total. The van der Waals surface area contributed by atoms with Crippen LogP contribution in [0.4, 0.5) is 18.9 Å². The van der Waals surface area contributed by atoms with E-state index in [0.717, 1.165) is 12.3 Å². The van der Waals surface area contributed by atoms with Crippen LogP contribution in [-0.2, 0) is 16.0 Å². The second-order valence-electron chi connectivity index (χ2n) is 6.23. The largest absolute Gasteiger partial charge is 0.418 e. The molecule has 2 aromatic carbocycles. The van der Waals surface area contributed by atoms with Crippen molar-refractivity contribution in [2.24, 2.45) is 0 Å². The van der Waals surface area contributed by atoms with Gasteiger partial charge in [-0.1, -0.05) is 12.1 Å². The molecule has 0 atom stereocenters. The van der Waals surface area contributed by atoms with Crippen molar-refractivity contribution in [3.8, 4) is 11.3 Å². The normalized spacial score (nSPS) is 11.9. The van der Waals surface area contributed by atoms with Gasteiger partial charge < -0.3 is 5.32 Å². The number of sulfone groups is 1. The maximum absolute atomic E-state index is 13.1. The Kier molecular flexibility index (Phi) is 5.43. The second kappa shape index (κ2) is 7.67. The molecule has 0 bridgehead atoms. The topological polar surface area (TPSA) is 76.1 Å². The van der Waals surface area contributed by atoms with Crippen molar-refractivity contribution >= 4 is 21.4 Å². The molecule has 1 heterocycles. The van der Waals surface area contributed by atoms with Crippen LogP contribution in [0.3, 0.4) is 0 Å². The van der Waals surface area contributed by atoms with Gasteiger partial charge in [-0.3, -0.25) is 9.78 Å². The van der Waals surface area contributed by atoms with Crippen molar-refractivity contribution < 1.29 is 26.4 Å². The first-order valence-electron chi connectivity index (χ1n) is 8.30. The molecule has 0 unspecified atom stereocenters. The fourth-order valence-electron chi connectivity index (χ4n) is 2.63. The molecule has 0 aliphatic carbocycles. The van der Waals surface area contributed by atoms with Gasteiger partial charge in [-0.05, 0) is 48.5 Å². The Morgan fingerprint density at radius 2 is 1.59 bits per heavy atom. The van der Waals surface area contributed by atoms with E-state index in [-0.39, 0.29) is 21.7 Å². The standard InChI is InChI=1S/C20H15F3N2O3S/c1-29(27,28)16-10-8-15(9-11-16)25-19(26)14-6-4-13(5-7-14)18-17(20(21,22)23)3-2-12-24-18/h2-12H,1H3,(H,25,26). The Hall–Kier alpha value is -3.20. The smallest absolute Gasteiger partial charge is 0.322 e. The summed E-state index contributed by atoms with van der Waals surface area (Å²) in [6.45, 7) is 0. The van der Waals surface area contributed by atoms with Crippen LogP contribution in [0.1, 0.15) is 15.9 Å². The number of nitrogens with zero attached hydrogens (tertiary/aromatic N) is 1. The first-order valence-corrected chi connectivity index (χ1v) is 10.2. The molecule has 0 saturated carbocycles. The maximum Gasteiger partial charge on any atom is 0.418 e. The minimum atomic E-state index is -4.54. The maximum atomic E-state index is 13.1. The van der Waals surface area contributed by atoms with Gasteiger partial charge in [-0.25, -0.2) is 8.42 Å². The molecule has 1 aromatic heterocycles. The number of anilines is 1. The highest BCUT2D eigenvalue weighted by molar-refractivity contribution is 7.90. The zero-order valence-corrected chi connectivity index (χ0v) is 15.9. The Balaban J connectivity index is 1.80. The van der Waals surface area contributed by atoms with Gasteiger partial charge in [-0.2, -0.15) is 13.2 Å². The lowest BCUT2D eigenvalue weighted by Crippen LogP contribution is -2.12. The molecule has 0 aliphatic heterocycles. The number of hydrogen-bond donors (Lipinski definition) is 1. The molecular weight excluding hydrogens is 405 g/mol. The summed E-state index contributed by atoms with van der Waals surface area (Å²) in [5.74, 6) is -0.485. The highest BCUT2D eigenvalue weighted by atomic mass is 32.2. The highest BCUT2D eigenvalue weighted by Gasteiger charge is 2.34. The molecule has 29 heavy (non-hydrogen) atoms. The summed E-state index contributed by atoms with van der Waals surface area (Å²) in [4.78, 5) is 16.3. The molecular formula is C20H15F3N2O3S. The first-order chi connectivity index (χ1) is 13.6. The highest BCUT2D eigenvalue weighted by Crippen LogP contribution is 2.35. The van der Waals surface area contributed by atoms with E-state index in [2.05, 4.69) is 10.3 Å². The van der Waals surface area contributed by atoms with Gasteiger partial charge >= 0.3 is 6.18 Å². The van der Waals surface area contributed by atoms with Crippen molar-refractivity contribution in [2.45, 2.75) is 11.1 Å². The first kappa shape index (κ1) is 20.5. The fraction of sp³-hybridized carbons (Fsp3) is 0.100. The Labute approximate surface area is 165 Å². The summed E-state index contributed by atoms with van der Waals surface area (Å²) in [6, 6.07) is 13.4. The molecule has 0 fully saturated rings.